The number of ether oxygens (including phenoxy) is 4. The number of benzene rings is 5. The number of amides is 3. The molecule has 65 heavy (non-hydrogen) atoms. The first kappa shape index (κ1) is 44.8. The minimum atomic E-state index is -2.50. The molecule has 5 aromatic carbocycles. The number of carbonyl (C=O) groups excluding carboxylic acids is 3. The summed E-state index contributed by atoms with van der Waals surface area (Å²) in [5, 5.41) is 25.4. The van der Waals surface area contributed by atoms with Gasteiger partial charge in [-0.25, -0.2) is 0 Å². The molecule has 3 N–H and O–H groups in total. The number of hydrogen-bond donors (Lipinski definition) is 3. The number of aliphatic hydroxyl groups excluding tert-OH is 1. The van der Waals surface area contributed by atoms with E-state index in [0.717, 1.165) is 11.3 Å². The molecule has 0 saturated carbocycles. The van der Waals surface area contributed by atoms with Gasteiger partial charge in [0.25, 0.3) is 17.7 Å². The molecular weight excluding hydrogens is 841 g/mol. The van der Waals surface area contributed by atoms with E-state index in [-0.39, 0.29) is 48.4 Å². The fourth-order valence-corrected chi connectivity index (χ4v) is 13.6. The number of methoxy groups -OCH3 is 3. The fourth-order valence-electron chi connectivity index (χ4n) is 9.58. The molecule has 15 heteroatoms. The van der Waals surface area contributed by atoms with Gasteiger partial charge in [-0.2, -0.15) is 0 Å². The summed E-state index contributed by atoms with van der Waals surface area (Å²) >= 11 is 0. The standard InChI is InChI=1S/C50H54N6O8Si/c1-32-46(65(5,6)42-21-19-41(63-4)20-22-42)45(24-26-55-31-38(25-27-57)53-54-55)64-50(32)43-29-37(52-48(59)35-12-17-40(62-3)18-13-35)14-23-44(43)56(49(50)60)30-33-8-7-9-36(28-33)51-47(58)34-10-15-39(61-2)16-11-34/h7-23,28-29,31-32,45-46,57H,24-27,30H2,1-6H3,(H,51,58)(H,52,59)/t32-,45+,46-,50+/m0/s1. The molecule has 4 atom stereocenters. The van der Waals surface area contributed by atoms with Crippen LogP contribution in [0.2, 0.25) is 18.6 Å². The Balaban J connectivity index is 1.17. The third kappa shape index (κ3) is 8.86. The Morgan fingerprint density at radius 1 is 0.800 bits per heavy atom. The number of carbonyl (C=O) groups is 3. The number of hydrogen-bond acceptors (Lipinski definition) is 10. The van der Waals surface area contributed by atoms with Crippen LogP contribution in [0.25, 0.3) is 0 Å². The quantitative estimate of drug-likeness (QED) is 0.0847. The van der Waals surface area contributed by atoms with E-state index in [1.54, 1.807) is 79.4 Å². The van der Waals surface area contributed by atoms with Gasteiger partial charge in [0, 0.05) is 59.8 Å². The molecule has 0 aliphatic carbocycles. The minimum absolute atomic E-state index is 0.0304. The lowest BCUT2D eigenvalue weighted by molar-refractivity contribution is -0.146. The lowest BCUT2D eigenvalue weighted by atomic mass is 9.82. The molecule has 1 spiro atoms. The van der Waals surface area contributed by atoms with Gasteiger partial charge in [-0.3, -0.25) is 19.1 Å². The SMILES string of the molecule is COc1ccc(C(=O)Nc2cccc(CN3C(=O)[C@]4(O[C@H](CCn5cc(CCO)nn5)[C@@H]([Si](C)(C)c5ccc(OC)cc5)[C@@H]4C)c4cc(NC(=O)c5ccc(OC)cc5)ccc43)c2)cc1. The number of aromatic nitrogens is 3. The summed E-state index contributed by atoms with van der Waals surface area (Å²) < 4.78 is 25.3. The van der Waals surface area contributed by atoms with Crippen molar-refractivity contribution >= 4 is 48.0 Å². The van der Waals surface area contributed by atoms with E-state index in [1.807, 2.05) is 60.8 Å². The summed E-state index contributed by atoms with van der Waals surface area (Å²) in [4.78, 5) is 44.4. The highest BCUT2D eigenvalue weighted by Crippen LogP contribution is 2.60. The third-order valence-electron chi connectivity index (χ3n) is 12.9. The van der Waals surface area contributed by atoms with Gasteiger partial charge >= 0.3 is 0 Å². The van der Waals surface area contributed by atoms with Crippen molar-refractivity contribution in [2.75, 3.05) is 43.5 Å². The van der Waals surface area contributed by atoms with E-state index in [4.69, 9.17) is 18.9 Å². The van der Waals surface area contributed by atoms with Crippen molar-refractivity contribution in [3.05, 3.63) is 149 Å². The summed E-state index contributed by atoms with van der Waals surface area (Å²) in [5.74, 6) is 0.929. The zero-order chi connectivity index (χ0) is 45.9. The second-order valence-electron chi connectivity index (χ2n) is 17.1. The van der Waals surface area contributed by atoms with E-state index in [1.165, 1.54) is 5.19 Å². The maximum Gasteiger partial charge on any atom is 0.264 e. The maximum atomic E-state index is 15.7. The third-order valence-corrected chi connectivity index (χ3v) is 17.3. The summed E-state index contributed by atoms with van der Waals surface area (Å²) in [7, 11) is 2.30. The van der Waals surface area contributed by atoms with Crippen molar-refractivity contribution in [1.29, 1.82) is 0 Å². The fraction of sp³-hybridized carbons (Fsp3) is 0.300. The highest BCUT2D eigenvalue weighted by atomic mass is 28.3. The predicted octanol–water partition coefficient (Wildman–Crippen LogP) is 7.20. The van der Waals surface area contributed by atoms with E-state index in [2.05, 4.69) is 53.1 Å². The molecule has 0 bridgehead atoms. The number of nitrogens with zero attached hydrogens (tertiary/aromatic N) is 4. The molecule has 336 valence electrons. The van der Waals surface area contributed by atoms with Crippen LogP contribution in [0.15, 0.2) is 121 Å². The zero-order valence-electron chi connectivity index (χ0n) is 37.4. The summed E-state index contributed by atoms with van der Waals surface area (Å²) in [6.07, 6.45) is 2.40. The largest absolute Gasteiger partial charge is 0.497 e. The monoisotopic (exact) mass is 894 g/mol. The normalized spacial score (nSPS) is 19.0. The van der Waals surface area contributed by atoms with Crippen LogP contribution >= 0.6 is 0 Å². The second kappa shape index (κ2) is 18.7. The van der Waals surface area contributed by atoms with Crippen molar-refractivity contribution < 1.29 is 38.4 Å². The average Bonchev–Trinajstić information content (AvgIpc) is 3.97. The lowest BCUT2D eigenvalue weighted by Crippen LogP contribution is -2.51. The van der Waals surface area contributed by atoms with E-state index >= 15 is 4.79 Å². The minimum Gasteiger partial charge on any atom is -0.497 e. The molecule has 2 aliphatic rings. The van der Waals surface area contributed by atoms with E-state index in [0.29, 0.717) is 70.3 Å². The van der Waals surface area contributed by atoms with Gasteiger partial charge in [-0.15, -0.1) is 5.10 Å². The summed E-state index contributed by atoms with van der Waals surface area (Å²) in [6, 6.07) is 35.0. The molecule has 14 nitrogen and oxygen atoms in total. The molecule has 3 heterocycles. The molecule has 1 fully saturated rings. The number of aliphatic hydroxyl groups is 1. The smallest absolute Gasteiger partial charge is 0.264 e. The molecular formula is C50H54N6O8Si. The van der Waals surface area contributed by atoms with Gasteiger partial charge in [0.2, 0.25) is 0 Å². The molecule has 8 rings (SSSR count). The van der Waals surface area contributed by atoms with Crippen molar-refractivity contribution in [1.82, 2.24) is 15.0 Å². The van der Waals surface area contributed by atoms with Crippen molar-refractivity contribution in [3.63, 3.8) is 0 Å². The molecule has 0 radical (unpaired) electrons. The van der Waals surface area contributed by atoms with Crippen LogP contribution < -0.4 is 34.9 Å². The molecule has 1 aromatic heterocycles. The van der Waals surface area contributed by atoms with Crippen LogP contribution in [0.4, 0.5) is 17.1 Å². The first-order chi connectivity index (χ1) is 31.4. The first-order valence-corrected chi connectivity index (χ1v) is 24.7. The van der Waals surface area contributed by atoms with Crippen LogP contribution in [-0.4, -0.2) is 79.9 Å². The highest BCUT2D eigenvalue weighted by molar-refractivity contribution is 6.91. The van der Waals surface area contributed by atoms with Gasteiger partial charge in [-0.05, 0) is 109 Å². The van der Waals surface area contributed by atoms with Gasteiger partial charge in [-0.1, -0.05) is 54.7 Å². The van der Waals surface area contributed by atoms with Crippen LogP contribution in [-0.2, 0) is 34.6 Å². The Kier molecular flexibility index (Phi) is 12.9. The first-order valence-electron chi connectivity index (χ1n) is 21.7. The zero-order valence-corrected chi connectivity index (χ0v) is 38.4. The van der Waals surface area contributed by atoms with Crippen LogP contribution in [0, 0.1) is 5.92 Å². The molecule has 3 amide bonds. The molecule has 6 aromatic rings. The second-order valence-corrected chi connectivity index (χ2v) is 21.8. The van der Waals surface area contributed by atoms with Gasteiger partial charge in [0.15, 0.2) is 5.60 Å². The Bertz CT molecular complexity index is 2670. The van der Waals surface area contributed by atoms with E-state index < -0.39 is 13.7 Å². The summed E-state index contributed by atoms with van der Waals surface area (Å²) in [6.45, 7) is 7.42. The molecule has 0 unspecified atom stereocenters. The topological polar surface area (TPSA) is 166 Å². The van der Waals surface area contributed by atoms with Crippen molar-refractivity contribution in [2.24, 2.45) is 5.92 Å². The highest BCUT2D eigenvalue weighted by Gasteiger charge is 2.66. The lowest BCUT2D eigenvalue weighted by Gasteiger charge is -2.37. The van der Waals surface area contributed by atoms with E-state index in [9.17, 15) is 14.7 Å². The molecule has 1 saturated heterocycles. The van der Waals surface area contributed by atoms with Gasteiger partial charge in [0.05, 0.1) is 53.4 Å². The van der Waals surface area contributed by atoms with Crippen molar-refractivity contribution in [2.45, 2.75) is 63.2 Å². The Labute approximate surface area is 379 Å². The van der Waals surface area contributed by atoms with Gasteiger partial charge < -0.3 is 39.6 Å². The van der Waals surface area contributed by atoms with Crippen LogP contribution in [0.5, 0.6) is 17.2 Å². The number of rotatable bonds is 16. The number of nitrogens with one attached hydrogen (secondary N) is 2. The predicted molar refractivity (Wildman–Crippen MR) is 251 cm³/mol. The molecule has 2 aliphatic heterocycles. The number of aryl methyl sites for hydroxylation is 1. The Morgan fingerprint density at radius 3 is 1.97 bits per heavy atom. The Hall–Kier alpha value is -6.81. The maximum absolute atomic E-state index is 15.7. The number of fused-ring (bicyclic) bond motifs is 2. The van der Waals surface area contributed by atoms with Crippen LogP contribution in [0.3, 0.4) is 0 Å². The Morgan fingerprint density at radius 2 is 1.38 bits per heavy atom. The summed E-state index contributed by atoms with van der Waals surface area (Å²) in [5.41, 5.74) is 3.36. The average molecular weight is 895 g/mol. The van der Waals surface area contributed by atoms with Crippen LogP contribution in [0.1, 0.15) is 50.9 Å². The number of anilines is 3. The van der Waals surface area contributed by atoms with Crippen molar-refractivity contribution in [3.8, 4) is 17.2 Å². The van der Waals surface area contributed by atoms with Gasteiger partial charge in [0.1, 0.15) is 17.2 Å².